The van der Waals surface area contributed by atoms with E-state index in [2.05, 4.69) is 10.5 Å². The van der Waals surface area contributed by atoms with Gasteiger partial charge in [0.05, 0.1) is 35.4 Å². The Morgan fingerprint density at radius 2 is 1.97 bits per heavy atom. The number of hydrogen-bond acceptors (Lipinski definition) is 5. The molecule has 3 aliphatic rings. The van der Waals surface area contributed by atoms with Gasteiger partial charge in [-0.1, -0.05) is 17.7 Å². The maximum absolute atomic E-state index is 15.2. The third kappa shape index (κ3) is 3.74. The predicted molar refractivity (Wildman–Crippen MR) is 116 cm³/mol. The second kappa shape index (κ2) is 8.10. The standard InChI is InChI=1S/C22H17ClF5N3O2S/c23-15-5-14(2-3-16(15)24)21(22(26,27)28)6-17(30-33-21)12-1-4-18(29-7-12)20(25)10-31(11-20)19(32)13-8-34-9-13/h1-7,13,30H,8-11H2. The van der Waals surface area contributed by atoms with Crippen LogP contribution in [0.3, 0.4) is 0 Å². The van der Waals surface area contributed by atoms with Gasteiger partial charge in [0, 0.05) is 28.8 Å². The fourth-order valence-electron chi connectivity index (χ4n) is 4.04. The lowest BCUT2D eigenvalue weighted by Crippen LogP contribution is -2.61. The van der Waals surface area contributed by atoms with Gasteiger partial charge >= 0.3 is 6.18 Å². The van der Waals surface area contributed by atoms with E-state index in [1.807, 2.05) is 0 Å². The largest absolute Gasteiger partial charge is 0.428 e. The predicted octanol–water partition coefficient (Wildman–Crippen LogP) is 4.58. The Labute approximate surface area is 200 Å². The number of amides is 1. The molecule has 0 aliphatic carbocycles. The number of carbonyl (C=O) groups is 1. The molecular weight excluding hydrogens is 501 g/mol. The van der Waals surface area contributed by atoms with Crippen molar-refractivity contribution in [2.45, 2.75) is 17.4 Å². The molecule has 4 heterocycles. The lowest BCUT2D eigenvalue weighted by molar-refractivity contribution is -0.269. The summed E-state index contributed by atoms with van der Waals surface area (Å²) in [4.78, 5) is 22.7. The molecule has 12 heteroatoms. The maximum Gasteiger partial charge on any atom is 0.428 e. The number of likely N-dealkylation sites (tertiary alicyclic amines) is 1. The summed E-state index contributed by atoms with van der Waals surface area (Å²) in [7, 11) is 0. The monoisotopic (exact) mass is 517 g/mol. The number of hydrogen-bond donors (Lipinski definition) is 1. The molecule has 1 unspecified atom stereocenters. The summed E-state index contributed by atoms with van der Waals surface area (Å²) in [6.45, 7) is -0.210. The van der Waals surface area contributed by atoms with Crippen molar-refractivity contribution in [2.24, 2.45) is 5.92 Å². The first kappa shape index (κ1) is 23.4. The summed E-state index contributed by atoms with van der Waals surface area (Å²) in [5, 5.41) is -0.477. The van der Waals surface area contributed by atoms with Crippen molar-refractivity contribution in [2.75, 3.05) is 24.6 Å². The highest BCUT2D eigenvalue weighted by molar-refractivity contribution is 8.00. The van der Waals surface area contributed by atoms with Gasteiger partial charge in [-0.2, -0.15) is 24.9 Å². The molecule has 0 radical (unpaired) electrons. The van der Waals surface area contributed by atoms with Crippen molar-refractivity contribution in [3.8, 4) is 0 Å². The molecule has 1 aromatic carbocycles. The molecule has 2 aromatic rings. The van der Waals surface area contributed by atoms with Crippen molar-refractivity contribution >= 4 is 35.0 Å². The summed E-state index contributed by atoms with van der Waals surface area (Å²) in [6.07, 6.45) is -2.87. The summed E-state index contributed by atoms with van der Waals surface area (Å²) in [5.74, 6) is 0.506. The third-order valence-corrected chi connectivity index (χ3v) is 7.72. The van der Waals surface area contributed by atoms with E-state index in [4.69, 9.17) is 16.4 Å². The van der Waals surface area contributed by atoms with Crippen LogP contribution in [0.4, 0.5) is 22.0 Å². The number of nitrogens with zero attached hydrogens (tertiary/aromatic N) is 2. The first-order valence-electron chi connectivity index (χ1n) is 10.2. The highest BCUT2D eigenvalue weighted by Crippen LogP contribution is 2.48. The molecule has 1 amide bonds. The number of hydroxylamine groups is 1. The van der Waals surface area contributed by atoms with E-state index in [1.165, 1.54) is 23.2 Å². The Hall–Kier alpha value is -2.37. The molecule has 1 N–H and O–H groups in total. The van der Waals surface area contributed by atoms with Crippen LogP contribution in [0, 0.1) is 11.7 Å². The number of carbonyl (C=O) groups excluding carboxylic acids is 1. The van der Waals surface area contributed by atoms with Crippen LogP contribution < -0.4 is 5.48 Å². The molecule has 0 bridgehead atoms. The maximum atomic E-state index is 15.2. The zero-order valence-electron chi connectivity index (χ0n) is 17.3. The van der Waals surface area contributed by atoms with Gasteiger partial charge in [0.1, 0.15) is 5.82 Å². The molecule has 2 fully saturated rings. The van der Waals surface area contributed by atoms with E-state index in [-0.39, 0.29) is 41.9 Å². The molecule has 1 aromatic heterocycles. The van der Waals surface area contributed by atoms with Crippen LogP contribution in [0.5, 0.6) is 0 Å². The smallest absolute Gasteiger partial charge is 0.335 e. The number of halogens is 6. The van der Waals surface area contributed by atoms with Crippen molar-refractivity contribution in [3.63, 3.8) is 0 Å². The highest BCUT2D eigenvalue weighted by Gasteiger charge is 2.59. The van der Waals surface area contributed by atoms with E-state index in [0.29, 0.717) is 0 Å². The normalized spacial score (nSPS) is 24.2. The number of nitrogens with one attached hydrogen (secondary N) is 1. The van der Waals surface area contributed by atoms with Gasteiger partial charge in [0.2, 0.25) is 11.5 Å². The Balaban J connectivity index is 1.37. The fourth-order valence-corrected chi connectivity index (χ4v) is 4.98. The van der Waals surface area contributed by atoms with Crippen molar-refractivity contribution in [1.29, 1.82) is 0 Å². The minimum absolute atomic E-state index is 0.0439. The van der Waals surface area contributed by atoms with Crippen LogP contribution in [0.2, 0.25) is 5.02 Å². The molecule has 0 spiro atoms. The van der Waals surface area contributed by atoms with E-state index in [1.54, 1.807) is 11.8 Å². The zero-order chi connectivity index (χ0) is 24.3. The van der Waals surface area contributed by atoms with Gasteiger partial charge in [-0.3, -0.25) is 20.1 Å². The van der Waals surface area contributed by atoms with E-state index < -0.39 is 33.8 Å². The first-order valence-corrected chi connectivity index (χ1v) is 11.8. The van der Waals surface area contributed by atoms with Crippen molar-refractivity contribution < 1.29 is 31.6 Å². The summed E-state index contributed by atoms with van der Waals surface area (Å²) < 4.78 is 70.8. The minimum atomic E-state index is -4.90. The molecule has 5 nitrogen and oxygen atoms in total. The first-order chi connectivity index (χ1) is 16.0. The van der Waals surface area contributed by atoms with Crippen LogP contribution in [-0.2, 0) is 20.9 Å². The Bertz CT molecular complexity index is 1170. The molecule has 3 aliphatic heterocycles. The lowest BCUT2D eigenvalue weighted by Gasteiger charge is -2.46. The van der Waals surface area contributed by atoms with Crippen LogP contribution in [0.15, 0.2) is 42.6 Å². The Morgan fingerprint density at radius 1 is 1.24 bits per heavy atom. The van der Waals surface area contributed by atoms with Gasteiger partial charge in [-0.05, 0) is 30.3 Å². The second-order valence-electron chi connectivity index (χ2n) is 8.45. The molecule has 34 heavy (non-hydrogen) atoms. The topological polar surface area (TPSA) is 54.5 Å². The van der Waals surface area contributed by atoms with Crippen LogP contribution in [-0.4, -0.2) is 46.6 Å². The number of pyridine rings is 1. The molecule has 180 valence electrons. The lowest BCUT2D eigenvalue weighted by atomic mass is 9.89. The third-order valence-electron chi connectivity index (χ3n) is 6.15. The summed E-state index contributed by atoms with van der Waals surface area (Å²) in [6, 6.07) is 5.42. The molecule has 5 rings (SSSR count). The van der Waals surface area contributed by atoms with E-state index in [9.17, 15) is 22.4 Å². The average molecular weight is 518 g/mol. The van der Waals surface area contributed by atoms with Gasteiger partial charge in [-0.25, -0.2) is 8.78 Å². The van der Waals surface area contributed by atoms with Crippen LogP contribution >= 0.6 is 23.4 Å². The number of thioether (sulfide) groups is 1. The van der Waals surface area contributed by atoms with Gasteiger partial charge in [-0.15, -0.1) is 0 Å². The number of alkyl halides is 4. The van der Waals surface area contributed by atoms with E-state index in [0.717, 1.165) is 35.8 Å². The SMILES string of the molecule is O=C(C1CSC1)N1CC(F)(c2ccc(C3=CC(c4ccc(F)c(Cl)c4)(C(F)(F)F)ON3)cn2)C1. The zero-order valence-corrected chi connectivity index (χ0v) is 18.9. The Morgan fingerprint density at radius 3 is 2.53 bits per heavy atom. The van der Waals surface area contributed by atoms with Crippen molar-refractivity contribution in [1.82, 2.24) is 15.4 Å². The van der Waals surface area contributed by atoms with Gasteiger partial charge in [0.25, 0.3) is 0 Å². The number of aromatic nitrogens is 1. The van der Waals surface area contributed by atoms with Crippen LogP contribution in [0.25, 0.3) is 5.70 Å². The molecule has 1 atom stereocenters. The van der Waals surface area contributed by atoms with Gasteiger partial charge < -0.3 is 4.90 Å². The Kier molecular flexibility index (Phi) is 5.57. The average Bonchev–Trinajstić information content (AvgIpc) is 3.19. The quantitative estimate of drug-likeness (QED) is 0.602. The van der Waals surface area contributed by atoms with Crippen LogP contribution in [0.1, 0.15) is 16.8 Å². The fraction of sp³-hybridized carbons (Fsp3) is 0.364. The highest BCUT2D eigenvalue weighted by atomic mass is 35.5. The van der Waals surface area contributed by atoms with E-state index >= 15 is 4.39 Å². The number of rotatable bonds is 4. The molecule has 2 saturated heterocycles. The molecular formula is C22H17ClF5N3O2S. The summed E-state index contributed by atoms with van der Waals surface area (Å²) >= 11 is 7.35. The minimum Gasteiger partial charge on any atom is -0.335 e. The number of benzene rings is 1. The summed E-state index contributed by atoms with van der Waals surface area (Å²) in [5.41, 5.74) is -2.60. The second-order valence-corrected chi connectivity index (χ2v) is 9.93. The van der Waals surface area contributed by atoms with Crippen molar-refractivity contribution in [3.05, 3.63) is 70.3 Å². The molecule has 0 saturated carbocycles. The van der Waals surface area contributed by atoms with Gasteiger partial charge in [0.15, 0.2) is 5.67 Å².